The molecule has 4 rings (SSSR count). The SMILES string of the molecule is CC1CCCN1CCCOc1ccc(-c2nc3c(s2)CN(CC=O)CC3)cc1. The van der Waals surface area contributed by atoms with Crippen molar-refractivity contribution < 1.29 is 9.53 Å². The van der Waals surface area contributed by atoms with Gasteiger partial charge in [0.1, 0.15) is 17.0 Å². The maximum Gasteiger partial charge on any atom is 0.133 e. The van der Waals surface area contributed by atoms with Crippen molar-refractivity contribution in [3.05, 3.63) is 34.8 Å². The highest BCUT2D eigenvalue weighted by molar-refractivity contribution is 7.15. The first kappa shape index (κ1) is 19.6. The molecule has 1 atom stereocenters. The van der Waals surface area contributed by atoms with Crippen LogP contribution in [0, 0.1) is 0 Å². The van der Waals surface area contributed by atoms with E-state index in [1.54, 1.807) is 11.3 Å². The van der Waals surface area contributed by atoms with Crippen molar-refractivity contribution in [2.24, 2.45) is 0 Å². The van der Waals surface area contributed by atoms with E-state index in [0.717, 1.165) is 67.7 Å². The van der Waals surface area contributed by atoms with Gasteiger partial charge in [-0.25, -0.2) is 4.98 Å². The van der Waals surface area contributed by atoms with E-state index in [1.165, 1.54) is 30.0 Å². The number of nitrogens with zero attached hydrogens (tertiary/aromatic N) is 3. The molecule has 0 radical (unpaired) electrons. The van der Waals surface area contributed by atoms with E-state index >= 15 is 0 Å². The second kappa shape index (κ2) is 9.16. The van der Waals surface area contributed by atoms with Gasteiger partial charge in [-0.1, -0.05) is 0 Å². The molecule has 5 nitrogen and oxygen atoms in total. The summed E-state index contributed by atoms with van der Waals surface area (Å²) < 4.78 is 5.93. The number of aldehydes is 1. The monoisotopic (exact) mass is 399 g/mol. The smallest absolute Gasteiger partial charge is 0.133 e. The number of aromatic nitrogens is 1. The molecule has 0 saturated carbocycles. The summed E-state index contributed by atoms with van der Waals surface area (Å²) in [4.78, 5) is 21.6. The standard InChI is InChI=1S/C22H29N3O2S/c1-17-4-2-10-25(17)11-3-15-27-19-7-5-18(6-8-19)22-23-20-9-12-24(13-14-26)16-21(20)28-22/h5-8,14,17H,2-4,9-13,15-16H2,1H3. The first-order valence-electron chi connectivity index (χ1n) is 10.3. The van der Waals surface area contributed by atoms with E-state index < -0.39 is 0 Å². The lowest BCUT2D eigenvalue weighted by atomic mass is 10.2. The lowest BCUT2D eigenvalue weighted by Crippen LogP contribution is -2.31. The van der Waals surface area contributed by atoms with Crippen LogP contribution in [0.15, 0.2) is 24.3 Å². The molecule has 1 aromatic carbocycles. The van der Waals surface area contributed by atoms with Crippen LogP contribution in [-0.4, -0.2) is 59.9 Å². The summed E-state index contributed by atoms with van der Waals surface area (Å²) in [7, 11) is 0. The topological polar surface area (TPSA) is 45.7 Å². The normalized spacial score (nSPS) is 20.2. The van der Waals surface area contributed by atoms with Crippen molar-refractivity contribution in [1.29, 1.82) is 0 Å². The zero-order chi connectivity index (χ0) is 19.3. The van der Waals surface area contributed by atoms with Crippen LogP contribution in [0.2, 0.25) is 0 Å². The molecule has 1 fully saturated rings. The Morgan fingerprint density at radius 3 is 2.89 bits per heavy atom. The van der Waals surface area contributed by atoms with Crippen LogP contribution < -0.4 is 4.74 Å². The molecule has 0 N–H and O–H groups in total. The second-order valence-electron chi connectivity index (χ2n) is 7.79. The molecule has 0 aliphatic carbocycles. The number of thiazole rings is 1. The van der Waals surface area contributed by atoms with Crippen molar-refractivity contribution in [2.45, 2.75) is 45.2 Å². The van der Waals surface area contributed by atoms with E-state index in [1.807, 2.05) is 12.1 Å². The lowest BCUT2D eigenvalue weighted by molar-refractivity contribution is -0.109. The largest absolute Gasteiger partial charge is 0.494 e. The van der Waals surface area contributed by atoms with E-state index in [9.17, 15) is 4.79 Å². The van der Waals surface area contributed by atoms with E-state index in [2.05, 4.69) is 28.9 Å². The quantitative estimate of drug-likeness (QED) is 0.501. The third-order valence-corrected chi connectivity index (χ3v) is 6.92. The molecular formula is C22H29N3O2S. The number of benzene rings is 1. The molecule has 150 valence electrons. The van der Waals surface area contributed by atoms with Crippen molar-refractivity contribution >= 4 is 17.6 Å². The number of hydrogen-bond acceptors (Lipinski definition) is 6. The van der Waals surface area contributed by atoms with E-state index in [-0.39, 0.29) is 0 Å². The van der Waals surface area contributed by atoms with Crippen molar-refractivity contribution in [3.8, 4) is 16.3 Å². The minimum Gasteiger partial charge on any atom is -0.494 e. The van der Waals surface area contributed by atoms with Crippen LogP contribution in [-0.2, 0) is 17.8 Å². The van der Waals surface area contributed by atoms with Gasteiger partial charge < -0.3 is 14.4 Å². The third kappa shape index (κ3) is 4.62. The van der Waals surface area contributed by atoms with Gasteiger partial charge in [0.25, 0.3) is 0 Å². The molecule has 1 aromatic heterocycles. The summed E-state index contributed by atoms with van der Waals surface area (Å²) >= 11 is 1.74. The van der Waals surface area contributed by atoms with Gasteiger partial charge in [0.15, 0.2) is 0 Å². The number of carbonyl (C=O) groups excluding carboxylic acids is 1. The number of carbonyl (C=O) groups is 1. The molecule has 6 heteroatoms. The maximum atomic E-state index is 10.8. The van der Waals surface area contributed by atoms with Crippen molar-refractivity contribution in [3.63, 3.8) is 0 Å². The number of likely N-dealkylation sites (tertiary alicyclic amines) is 1. The molecule has 1 saturated heterocycles. The molecule has 3 heterocycles. The molecule has 2 aliphatic rings. The number of hydrogen-bond donors (Lipinski definition) is 0. The van der Waals surface area contributed by atoms with Gasteiger partial charge in [-0.3, -0.25) is 4.90 Å². The minimum absolute atomic E-state index is 0.509. The summed E-state index contributed by atoms with van der Waals surface area (Å²) in [6.07, 6.45) is 5.65. The lowest BCUT2D eigenvalue weighted by Gasteiger charge is -2.23. The predicted molar refractivity (Wildman–Crippen MR) is 113 cm³/mol. The fourth-order valence-corrected chi connectivity index (χ4v) is 5.27. The van der Waals surface area contributed by atoms with E-state index in [4.69, 9.17) is 9.72 Å². The van der Waals surface area contributed by atoms with Gasteiger partial charge in [-0.05, 0) is 57.0 Å². The van der Waals surface area contributed by atoms with Gasteiger partial charge in [0.2, 0.25) is 0 Å². The number of ether oxygens (including phenoxy) is 1. The third-order valence-electron chi connectivity index (χ3n) is 5.79. The molecule has 1 unspecified atom stereocenters. The van der Waals surface area contributed by atoms with Crippen LogP contribution in [0.3, 0.4) is 0 Å². The average Bonchev–Trinajstić information content (AvgIpc) is 3.31. The van der Waals surface area contributed by atoms with Crippen LogP contribution >= 0.6 is 11.3 Å². The first-order valence-corrected chi connectivity index (χ1v) is 11.2. The van der Waals surface area contributed by atoms with Crippen LogP contribution in [0.25, 0.3) is 10.6 Å². The van der Waals surface area contributed by atoms with Gasteiger partial charge in [0.05, 0.1) is 18.8 Å². The highest BCUT2D eigenvalue weighted by atomic mass is 32.1. The molecule has 0 spiro atoms. The Bertz CT molecular complexity index is 790. The second-order valence-corrected chi connectivity index (χ2v) is 8.88. The summed E-state index contributed by atoms with van der Waals surface area (Å²) in [6, 6.07) is 9.03. The Balaban J connectivity index is 1.29. The minimum atomic E-state index is 0.509. The van der Waals surface area contributed by atoms with Gasteiger partial charge >= 0.3 is 0 Å². The molecule has 2 aliphatic heterocycles. The molecule has 28 heavy (non-hydrogen) atoms. The van der Waals surface area contributed by atoms with Gasteiger partial charge in [-0.2, -0.15) is 0 Å². The summed E-state index contributed by atoms with van der Waals surface area (Å²) in [5, 5.41) is 1.06. The zero-order valence-corrected chi connectivity index (χ0v) is 17.4. The van der Waals surface area contributed by atoms with Crippen LogP contribution in [0.5, 0.6) is 5.75 Å². The highest BCUT2D eigenvalue weighted by Gasteiger charge is 2.21. The number of fused-ring (bicyclic) bond motifs is 1. The zero-order valence-electron chi connectivity index (χ0n) is 16.6. The van der Waals surface area contributed by atoms with Crippen LogP contribution in [0.1, 0.15) is 36.8 Å². The van der Waals surface area contributed by atoms with Crippen molar-refractivity contribution in [1.82, 2.24) is 14.8 Å². The van der Waals surface area contributed by atoms with Gasteiger partial charge in [0, 0.05) is 42.5 Å². The Morgan fingerprint density at radius 1 is 1.29 bits per heavy atom. The highest BCUT2D eigenvalue weighted by Crippen LogP contribution is 2.32. The maximum absolute atomic E-state index is 10.8. The molecule has 2 aromatic rings. The van der Waals surface area contributed by atoms with E-state index in [0.29, 0.717) is 6.54 Å². The van der Waals surface area contributed by atoms with Crippen LogP contribution in [0.4, 0.5) is 0 Å². The average molecular weight is 400 g/mol. The molecule has 0 amide bonds. The molecular weight excluding hydrogens is 370 g/mol. The molecule has 0 bridgehead atoms. The summed E-state index contributed by atoms with van der Waals surface area (Å²) in [6.45, 7) is 7.71. The Hall–Kier alpha value is -1.76. The van der Waals surface area contributed by atoms with Gasteiger partial charge in [-0.15, -0.1) is 11.3 Å². The fourth-order valence-electron chi connectivity index (χ4n) is 4.11. The van der Waals surface area contributed by atoms with Crippen molar-refractivity contribution in [2.75, 3.05) is 32.8 Å². The number of rotatable bonds is 8. The predicted octanol–water partition coefficient (Wildman–Crippen LogP) is 3.62. The fraction of sp³-hybridized carbons (Fsp3) is 0.545. The summed E-state index contributed by atoms with van der Waals surface area (Å²) in [5.41, 5.74) is 2.33. The Labute approximate surface area is 171 Å². The Kier molecular flexibility index (Phi) is 6.40. The summed E-state index contributed by atoms with van der Waals surface area (Å²) in [5.74, 6) is 0.927. The Morgan fingerprint density at radius 2 is 2.14 bits per heavy atom. The first-order chi connectivity index (χ1) is 13.7.